The van der Waals surface area contributed by atoms with Crippen LogP contribution in [0.25, 0.3) is 10.4 Å². The fourth-order valence-electron chi connectivity index (χ4n) is 5.39. The second-order valence-electron chi connectivity index (χ2n) is 12.2. The van der Waals surface area contributed by atoms with E-state index in [0.717, 1.165) is 22.1 Å². The van der Waals surface area contributed by atoms with Gasteiger partial charge in [0.2, 0.25) is 0 Å². The first kappa shape index (κ1) is 48.6. The van der Waals surface area contributed by atoms with Crippen molar-refractivity contribution in [3.05, 3.63) is 103 Å². The highest BCUT2D eigenvalue weighted by atomic mass is 33.1. The van der Waals surface area contributed by atoms with Gasteiger partial charge in [0.15, 0.2) is 6.61 Å². The van der Waals surface area contributed by atoms with Gasteiger partial charge in [-0.3, -0.25) is 9.09 Å². The smallest absolute Gasteiger partial charge is 0.456 e. The lowest BCUT2D eigenvalue weighted by Crippen LogP contribution is -2.31. The minimum atomic E-state index is -5.89. The van der Waals surface area contributed by atoms with E-state index in [2.05, 4.69) is 35.5 Å². The Morgan fingerprint density at radius 3 is 2.35 bits per heavy atom. The summed E-state index contributed by atoms with van der Waals surface area (Å²) < 4.78 is 65.5. The number of rotatable bonds is 19. The molecule has 0 bridgehead atoms. The number of carbonyl (C=O) groups is 2. The average Bonchev–Trinajstić information content (AvgIpc) is 3.56. The summed E-state index contributed by atoms with van der Waals surface area (Å²) in [5.74, 6) is 4.11. The number of carbonyl (C=O) groups excluding carboxylic acids is 2. The molecule has 8 N–H and O–H groups in total. The third-order valence-electron chi connectivity index (χ3n) is 7.93. The van der Waals surface area contributed by atoms with Crippen LogP contribution in [0.1, 0.15) is 75.2 Å². The Balaban J connectivity index is 1.56. The van der Waals surface area contributed by atoms with Crippen LogP contribution in [0.15, 0.2) is 64.6 Å². The molecule has 60 heavy (non-hydrogen) atoms. The van der Waals surface area contributed by atoms with Crippen molar-refractivity contribution in [3.63, 3.8) is 0 Å². The number of phosphoric acid groups is 3. The number of hydrogen-bond acceptors (Lipinski definition) is 18. The standard InChI is InChI=1S/C32H38N7O16P3S2/c1-19(37-38-35)22-9-3-5-11-24(22)31(41)53-26-16-28(52-27(26)18-51-57(46,47)55-58(48,49)54-56(43,44)45)39-17-21(29(34)36-32(39)42)8-7-14-50-30(40)25-12-6-4-10-23(25)20(2)60-59-15-13-33/h3-6,9-12,17,19-20,26-28H,13-16,18,33H2,1-2H3,(H,46,47)(H,48,49)(H2,34,36,42)(H2,43,44,45)/t19?,20?,26?,27-,28-/m1/s1. The minimum absolute atomic E-state index is 0.0252. The molecule has 0 spiro atoms. The Morgan fingerprint density at radius 1 is 1.05 bits per heavy atom. The van der Waals surface area contributed by atoms with Crippen molar-refractivity contribution in [2.75, 3.05) is 31.2 Å². The van der Waals surface area contributed by atoms with Crippen LogP contribution in [0.4, 0.5) is 5.82 Å². The third-order valence-corrected chi connectivity index (χ3v) is 14.6. The second-order valence-corrected chi connectivity index (χ2v) is 19.5. The van der Waals surface area contributed by atoms with Crippen LogP contribution in [0, 0.1) is 11.8 Å². The number of aromatic nitrogens is 2. The number of phosphoric ester groups is 1. The molecule has 0 saturated carbocycles. The molecule has 1 aliphatic rings. The van der Waals surface area contributed by atoms with Crippen LogP contribution in [0.3, 0.4) is 0 Å². The monoisotopic (exact) mass is 933 g/mol. The Labute approximate surface area is 348 Å². The van der Waals surface area contributed by atoms with Crippen molar-refractivity contribution >= 4 is 62.8 Å². The number of esters is 2. The molecule has 324 valence electrons. The zero-order valence-electron chi connectivity index (χ0n) is 31.4. The van der Waals surface area contributed by atoms with E-state index in [9.17, 15) is 37.9 Å². The number of ether oxygens (including phenoxy) is 3. The third kappa shape index (κ3) is 14.3. The first-order chi connectivity index (χ1) is 28.2. The van der Waals surface area contributed by atoms with E-state index >= 15 is 0 Å². The predicted molar refractivity (Wildman–Crippen MR) is 216 cm³/mol. The molecule has 0 radical (unpaired) electrons. The Bertz CT molecular complexity index is 2370. The van der Waals surface area contributed by atoms with E-state index in [0.29, 0.717) is 12.1 Å². The fraction of sp³-hybridized carbons (Fsp3) is 0.375. The van der Waals surface area contributed by atoms with E-state index in [1.165, 1.54) is 25.1 Å². The molecule has 0 amide bonds. The maximum Gasteiger partial charge on any atom is 0.490 e. The molecule has 1 saturated heterocycles. The van der Waals surface area contributed by atoms with Crippen LogP contribution < -0.4 is 17.2 Å². The van der Waals surface area contributed by atoms with Crippen LogP contribution >= 0.6 is 45.1 Å². The van der Waals surface area contributed by atoms with Gasteiger partial charge in [-0.15, -0.1) is 0 Å². The van der Waals surface area contributed by atoms with Crippen molar-refractivity contribution in [2.45, 2.75) is 50.0 Å². The van der Waals surface area contributed by atoms with Gasteiger partial charge in [-0.25, -0.2) is 28.1 Å². The van der Waals surface area contributed by atoms with Gasteiger partial charge in [-0.05, 0) is 35.7 Å². The van der Waals surface area contributed by atoms with Crippen LogP contribution in [0.5, 0.6) is 0 Å². The fourth-order valence-corrected chi connectivity index (χ4v) is 10.6. The normalized spacial score (nSPS) is 19.4. The van der Waals surface area contributed by atoms with Gasteiger partial charge in [-0.2, -0.15) is 13.6 Å². The summed E-state index contributed by atoms with van der Waals surface area (Å²) >= 11 is 0. The largest absolute Gasteiger partial charge is 0.490 e. The SMILES string of the molecule is CC(N=[N+]=[N-])c1ccccc1C(=O)OC1C[C@H](n2cc(C#CCOC(=O)c3ccccc3C(C)SSCCN)c(N)nc2=O)O[C@@H]1COP(=O)(O)OP(=O)(O)OP(=O)(O)O. The van der Waals surface area contributed by atoms with E-state index < -0.39 is 78.8 Å². The topological polar surface area (TPSA) is 357 Å². The molecule has 2 heterocycles. The molecule has 7 atom stereocenters. The Hall–Kier alpha value is -4.04. The zero-order valence-corrected chi connectivity index (χ0v) is 35.7. The number of hydrogen-bond donors (Lipinski definition) is 6. The lowest BCUT2D eigenvalue weighted by molar-refractivity contribution is -0.0511. The van der Waals surface area contributed by atoms with Crippen LogP contribution in [0.2, 0.25) is 0 Å². The number of nitrogen functional groups attached to an aromatic ring is 1. The summed E-state index contributed by atoms with van der Waals surface area (Å²) in [5, 5.41) is 3.54. The molecule has 28 heteroatoms. The molecule has 3 aromatic rings. The number of nitrogens with zero attached hydrogens (tertiary/aromatic N) is 5. The number of benzene rings is 2. The molecule has 4 rings (SSSR count). The molecule has 23 nitrogen and oxygen atoms in total. The van der Waals surface area contributed by atoms with E-state index in [1.54, 1.807) is 45.9 Å². The number of nitrogens with two attached hydrogens (primary N) is 2. The summed E-state index contributed by atoms with van der Waals surface area (Å²) in [6.07, 6.45) is -3.54. The van der Waals surface area contributed by atoms with Crippen molar-refractivity contribution in [2.24, 2.45) is 10.8 Å². The van der Waals surface area contributed by atoms with Gasteiger partial charge in [0, 0.05) is 35.1 Å². The maximum atomic E-state index is 13.5. The summed E-state index contributed by atoms with van der Waals surface area (Å²) in [6.45, 7) is 2.51. The molecule has 2 aromatic carbocycles. The van der Waals surface area contributed by atoms with Gasteiger partial charge >= 0.3 is 41.1 Å². The molecule has 1 aliphatic heterocycles. The molecule has 5 unspecified atom stereocenters. The quantitative estimate of drug-likeness (QED) is 0.0139. The highest BCUT2D eigenvalue weighted by Crippen LogP contribution is 2.66. The second kappa shape index (κ2) is 21.7. The highest BCUT2D eigenvalue weighted by molar-refractivity contribution is 8.76. The van der Waals surface area contributed by atoms with E-state index in [-0.39, 0.29) is 34.2 Å². The first-order valence-corrected chi connectivity index (χ1v) is 24.0. The van der Waals surface area contributed by atoms with Gasteiger partial charge in [0.25, 0.3) is 0 Å². The van der Waals surface area contributed by atoms with E-state index in [4.69, 9.17) is 45.5 Å². The van der Waals surface area contributed by atoms with Crippen molar-refractivity contribution in [3.8, 4) is 11.8 Å². The predicted octanol–water partition coefficient (Wildman–Crippen LogP) is 4.66. The Kier molecular flexibility index (Phi) is 17.6. The summed E-state index contributed by atoms with van der Waals surface area (Å²) in [7, 11) is -14.1. The minimum Gasteiger partial charge on any atom is -0.456 e. The Morgan fingerprint density at radius 2 is 1.70 bits per heavy atom. The van der Waals surface area contributed by atoms with Crippen LogP contribution in [-0.2, 0) is 41.1 Å². The summed E-state index contributed by atoms with van der Waals surface area (Å²) in [6, 6.07) is 12.0. The molecule has 1 fully saturated rings. The maximum absolute atomic E-state index is 13.5. The number of anilines is 1. The van der Waals surface area contributed by atoms with Crippen molar-refractivity contribution < 1.29 is 70.2 Å². The molecule has 0 aliphatic carbocycles. The highest BCUT2D eigenvalue weighted by Gasteiger charge is 2.44. The van der Waals surface area contributed by atoms with Gasteiger partial charge in [0.1, 0.15) is 24.3 Å². The molecule has 1 aromatic heterocycles. The first-order valence-electron chi connectivity index (χ1n) is 17.1. The van der Waals surface area contributed by atoms with Gasteiger partial charge < -0.3 is 45.3 Å². The summed E-state index contributed by atoms with van der Waals surface area (Å²) in [4.78, 5) is 83.4. The molecular weight excluding hydrogens is 895 g/mol. The number of azide groups is 1. The van der Waals surface area contributed by atoms with Crippen LogP contribution in [-0.4, -0.2) is 78.8 Å². The zero-order chi connectivity index (χ0) is 44.3. The molecular formula is C32H38N7O16P3S2. The van der Waals surface area contributed by atoms with Crippen molar-refractivity contribution in [1.82, 2.24) is 9.55 Å². The van der Waals surface area contributed by atoms with Crippen molar-refractivity contribution in [1.29, 1.82) is 0 Å². The van der Waals surface area contributed by atoms with E-state index in [1.807, 2.05) is 13.0 Å². The van der Waals surface area contributed by atoms with Gasteiger partial charge in [0.05, 0.1) is 29.3 Å². The lowest BCUT2D eigenvalue weighted by atomic mass is 10.0. The summed E-state index contributed by atoms with van der Waals surface area (Å²) in [5.41, 5.74) is 20.8. The average molecular weight is 934 g/mol. The van der Waals surface area contributed by atoms with Gasteiger partial charge in [-0.1, -0.05) is 81.9 Å². The lowest BCUT2D eigenvalue weighted by Gasteiger charge is -2.21.